The first-order chi connectivity index (χ1) is 29.7. The average molecular weight is 923 g/mol. The van der Waals surface area contributed by atoms with Crippen LogP contribution in [0.2, 0.25) is 0 Å². The van der Waals surface area contributed by atoms with Crippen LogP contribution in [0.1, 0.15) is 83.0 Å². The van der Waals surface area contributed by atoms with Crippen molar-refractivity contribution in [3.63, 3.8) is 0 Å². The summed E-state index contributed by atoms with van der Waals surface area (Å²) in [6.07, 6.45) is 1.41. The second-order valence-corrected chi connectivity index (χ2v) is 18.9. The van der Waals surface area contributed by atoms with Gasteiger partial charge in [0.1, 0.15) is 34.6 Å². The van der Waals surface area contributed by atoms with Crippen LogP contribution in [-0.2, 0) is 42.9 Å². The molecule has 0 radical (unpaired) electrons. The molecule has 3 heterocycles. The van der Waals surface area contributed by atoms with E-state index in [4.69, 9.17) is 41.0 Å². The third-order valence-electron chi connectivity index (χ3n) is 12.9. The summed E-state index contributed by atoms with van der Waals surface area (Å²) >= 11 is 8.21. The monoisotopic (exact) mass is 921 g/mol. The van der Waals surface area contributed by atoms with Crippen molar-refractivity contribution in [1.82, 2.24) is 15.1 Å². The van der Waals surface area contributed by atoms with Gasteiger partial charge in [-0.15, -0.1) is 11.6 Å². The fourth-order valence-corrected chi connectivity index (χ4v) is 9.93. The molecule has 12 atom stereocenters. The molecule has 350 valence electrons. The lowest BCUT2D eigenvalue weighted by molar-refractivity contribution is -0.276. The summed E-state index contributed by atoms with van der Waals surface area (Å²) in [5.41, 5.74) is 4.32. The number of esters is 1. The first kappa shape index (κ1) is 50.3. The maximum Gasteiger partial charge on any atom is 0.328 e. The van der Waals surface area contributed by atoms with Crippen LogP contribution >= 0.6 is 23.4 Å². The second-order valence-electron chi connectivity index (χ2n) is 17.3. The van der Waals surface area contributed by atoms with Gasteiger partial charge in [-0.2, -0.15) is 11.8 Å². The fourth-order valence-electron chi connectivity index (χ4n) is 8.78. The van der Waals surface area contributed by atoms with Crippen LogP contribution in [0, 0.1) is 11.8 Å². The van der Waals surface area contributed by atoms with Crippen molar-refractivity contribution in [2.75, 3.05) is 45.1 Å². The normalized spacial score (nSPS) is 34.0. The van der Waals surface area contributed by atoms with Gasteiger partial charge in [-0.3, -0.25) is 19.2 Å². The Kier molecular flexibility index (Phi) is 17.1. The number of thioether (sulfide) groups is 1. The number of primary amides is 1. The van der Waals surface area contributed by atoms with E-state index in [1.807, 2.05) is 19.9 Å². The van der Waals surface area contributed by atoms with E-state index in [9.17, 15) is 34.2 Å². The van der Waals surface area contributed by atoms with Gasteiger partial charge in [0, 0.05) is 57.0 Å². The number of nitrogens with zero attached hydrogens (tertiary/aromatic N) is 2. The Morgan fingerprint density at radius 2 is 1.87 bits per heavy atom. The van der Waals surface area contributed by atoms with Gasteiger partial charge in [0.2, 0.25) is 30.0 Å². The van der Waals surface area contributed by atoms with Gasteiger partial charge in [-0.05, 0) is 82.7 Å². The number of ether oxygens (including phenoxy) is 5. The Morgan fingerprint density at radius 3 is 2.52 bits per heavy atom. The minimum Gasteiger partial charge on any atom is -0.500 e. The van der Waals surface area contributed by atoms with Crippen molar-refractivity contribution in [2.24, 2.45) is 17.6 Å². The van der Waals surface area contributed by atoms with E-state index in [0.717, 1.165) is 5.57 Å². The molecule has 0 aromatic heterocycles. The van der Waals surface area contributed by atoms with E-state index in [-0.39, 0.29) is 48.7 Å². The molecule has 3 aliphatic heterocycles. The van der Waals surface area contributed by atoms with Crippen LogP contribution in [0.3, 0.4) is 0 Å². The molecule has 5 rings (SSSR count). The van der Waals surface area contributed by atoms with Gasteiger partial charge >= 0.3 is 5.97 Å². The number of hydrogen-bond donors (Lipinski definition) is 5. The van der Waals surface area contributed by atoms with Gasteiger partial charge < -0.3 is 54.7 Å². The molecule has 63 heavy (non-hydrogen) atoms. The van der Waals surface area contributed by atoms with Crippen molar-refractivity contribution >= 4 is 58.6 Å². The Labute approximate surface area is 378 Å². The SMILES string of the molecule is COC1=C[C@@H]2C/C(C)=C/CC[C@@H](OC)[C@@]3(O)CC(OC(O)N3)[C@@H](C)[C@@H]3O[C@@]3(C)[C@@H](OC(=O)[C@H](C)N(C)C(=O)CCSCC(=O)Nc3ccc(C(N)=O)cc3)CC(=O)N(C)C(C2)C1Cl. The van der Waals surface area contributed by atoms with E-state index in [1.54, 1.807) is 38.1 Å². The number of amides is 4. The van der Waals surface area contributed by atoms with Crippen molar-refractivity contribution in [1.29, 1.82) is 0 Å². The number of methoxy groups -OCH3 is 2. The third-order valence-corrected chi connectivity index (χ3v) is 14.3. The predicted molar refractivity (Wildman–Crippen MR) is 236 cm³/mol. The van der Waals surface area contributed by atoms with E-state index >= 15 is 0 Å². The number of allylic oxidation sites excluding steroid dienone is 3. The highest BCUT2D eigenvalue weighted by Gasteiger charge is 2.64. The Balaban J connectivity index is 1.31. The molecule has 4 amide bonds. The van der Waals surface area contributed by atoms with E-state index in [1.165, 1.54) is 49.9 Å². The Bertz CT molecular complexity index is 1890. The van der Waals surface area contributed by atoms with Crippen LogP contribution in [0.15, 0.2) is 47.7 Å². The molecule has 4 bridgehead atoms. The molecule has 19 heteroatoms. The molecule has 2 fully saturated rings. The highest BCUT2D eigenvalue weighted by atomic mass is 35.5. The average Bonchev–Trinajstić information content (AvgIpc) is 3.94. The smallest absolute Gasteiger partial charge is 0.328 e. The third kappa shape index (κ3) is 12.3. The molecule has 0 spiro atoms. The number of carbonyl (C=O) groups is 5. The summed E-state index contributed by atoms with van der Waals surface area (Å²) in [6, 6.07) is 4.65. The van der Waals surface area contributed by atoms with E-state index in [2.05, 4.69) is 16.7 Å². The molecular weight excluding hydrogens is 858 g/mol. The number of hydrogen-bond acceptors (Lipinski definition) is 14. The van der Waals surface area contributed by atoms with Gasteiger partial charge in [0.15, 0.2) is 0 Å². The molecule has 1 aromatic carbocycles. The van der Waals surface area contributed by atoms with Crippen LogP contribution < -0.4 is 16.4 Å². The molecular formula is C44H64ClN5O12S. The van der Waals surface area contributed by atoms with Gasteiger partial charge in [-0.1, -0.05) is 18.6 Å². The number of aliphatic hydroxyl groups excluding tert-OH is 1. The largest absolute Gasteiger partial charge is 0.500 e. The van der Waals surface area contributed by atoms with Crippen molar-refractivity contribution in [3.8, 4) is 0 Å². The number of epoxide rings is 1. The summed E-state index contributed by atoms with van der Waals surface area (Å²) < 4.78 is 29.9. The number of carbonyl (C=O) groups excluding carboxylic acids is 5. The number of halogens is 1. The highest BCUT2D eigenvalue weighted by Crippen LogP contribution is 2.49. The first-order valence-electron chi connectivity index (χ1n) is 21.3. The van der Waals surface area contributed by atoms with Crippen LogP contribution in [0.5, 0.6) is 0 Å². The quantitative estimate of drug-likeness (QED) is 0.0667. The lowest BCUT2D eigenvalue weighted by atomic mass is 9.83. The van der Waals surface area contributed by atoms with E-state index < -0.39 is 77.4 Å². The van der Waals surface area contributed by atoms with Crippen molar-refractivity contribution in [3.05, 3.63) is 53.3 Å². The van der Waals surface area contributed by atoms with Gasteiger partial charge in [0.25, 0.3) is 0 Å². The minimum absolute atomic E-state index is 0.00894. The molecule has 2 saturated heterocycles. The molecule has 4 unspecified atom stereocenters. The first-order valence-corrected chi connectivity index (χ1v) is 22.9. The number of benzene rings is 1. The molecule has 4 aliphatic rings. The summed E-state index contributed by atoms with van der Waals surface area (Å²) in [4.78, 5) is 68.2. The summed E-state index contributed by atoms with van der Waals surface area (Å²) in [5.74, 6) is -1.91. The minimum atomic E-state index is -1.66. The standard InChI is InChI=1S/C44H64ClN5O12S/c1-24-10-9-11-33(59-8)44(57)22-32(60-42(56)48-44)25(2)39-43(4,62-39)34(21-37(53)50(6)30-19-27(18-24)20-31(58-7)38(30)45)61-41(55)26(3)49(5)36(52)16-17-63-23-35(51)47-29-14-12-28(13-15-29)40(46)54/h10,12-15,20,25-27,30,32-34,38-39,42,48,56-57H,9,11,16-19,21-23H2,1-8H3,(H2,46,54)(H,47,51)/b24-10+/t25-,26+,27-,30?,32?,33-,34+,38?,39+,42?,43+,44+/m1/s1. The number of rotatable bonds is 12. The lowest BCUT2D eigenvalue weighted by Gasteiger charge is -2.45. The fraction of sp³-hybridized carbons (Fsp3) is 0.659. The predicted octanol–water partition coefficient (Wildman–Crippen LogP) is 3.26. The number of anilines is 1. The molecule has 17 nitrogen and oxygen atoms in total. The maximum atomic E-state index is 14.3. The Hall–Kier alpha value is -3.75. The van der Waals surface area contributed by atoms with E-state index in [0.29, 0.717) is 48.4 Å². The number of nitrogens with one attached hydrogen (secondary N) is 2. The number of likely N-dealkylation sites (N-methyl/N-ethyl adjacent to an activating group) is 1. The number of aliphatic hydroxyl groups is 2. The topological polar surface area (TPSA) is 232 Å². The second kappa shape index (κ2) is 21.5. The summed E-state index contributed by atoms with van der Waals surface area (Å²) in [7, 11) is 6.22. The Morgan fingerprint density at radius 1 is 1.17 bits per heavy atom. The zero-order chi connectivity index (χ0) is 46.4. The van der Waals surface area contributed by atoms with Gasteiger partial charge in [0.05, 0.1) is 43.6 Å². The zero-order valence-electron chi connectivity index (χ0n) is 37.3. The molecule has 0 saturated carbocycles. The summed E-state index contributed by atoms with van der Waals surface area (Å²) in [6.45, 7) is 7.15. The number of alkyl halides is 1. The van der Waals surface area contributed by atoms with Gasteiger partial charge in [-0.25, -0.2) is 10.1 Å². The highest BCUT2D eigenvalue weighted by molar-refractivity contribution is 7.99. The van der Waals surface area contributed by atoms with Crippen LogP contribution in [0.25, 0.3) is 0 Å². The molecule has 1 aliphatic carbocycles. The van der Waals surface area contributed by atoms with Crippen LogP contribution in [-0.4, -0.2) is 149 Å². The summed E-state index contributed by atoms with van der Waals surface area (Å²) in [5, 5.41) is 27.6. The van der Waals surface area contributed by atoms with Crippen LogP contribution in [0.4, 0.5) is 5.69 Å². The molecule has 1 aromatic rings. The van der Waals surface area contributed by atoms with Crippen molar-refractivity contribution in [2.45, 2.75) is 132 Å². The van der Waals surface area contributed by atoms with Crippen molar-refractivity contribution < 1.29 is 57.9 Å². The lowest BCUT2D eigenvalue weighted by Crippen LogP contribution is -2.65. The molecule has 6 N–H and O–H groups in total. The zero-order valence-corrected chi connectivity index (χ0v) is 38.9. The number of nitrogens with two attached hydrogens (primary N) is 1. The maximum absolute atomic E-state index is 14.3. The number of fused-ring (bicyclic) bond motifs is 5.